The highest BCUT2D eigenvalue weighted by molar-refractivity contribution is 6.13. The first-order chi connectivity index (χ1) is 15.2. The van der Waals surface area contributed by atoms with E-state index in [4.69, 9.17) is 18.6 Å². The number of furan rings is 1. The number of nitrogens with one attached hydrogen (secondary N) is 1. The third-order valence-corrected chi connectivity index (χ3v) is 5.99. The van der Waals surface area contributed by atoms with E-state index in [0.717, 1.165) is 11.1 Å². The van der Waals surface area contributed by atoms with Crippen LogP contribution in [0.1, 0.15) is 16.9 Å². The highest BCUT2D eigenvalue weighted by Gasteiger charge is 2.57. The maximum absolute atomic E-state index is 13.8. The van der Waals surface area contributed by atoms with E-state index < -0.39 is 5.41 Å². The third kappa shape index (κ3) is 2.54. The minimum Gasteiger partial charge on any atom is -0.491 e. The SMILES string of the molecule is O=C(CN1C(=O)C2(COc3cc4c(cc32)OCO4)c2ccccc21)NCc1ccco1. The molecule has 0 radical (unpaired) electrons. The lowest BCUT2D eigenvalue weighted by Crippen LogP contribution is -2.46. The van der Waals surface area contributed by atoms with E-state index in [0.29, 0.717) is 28.7 Å². The summed E-state index contributed by atoms with van der Waals surface area (Å²) in [6, 6.07) is 14.6. The summed E-state index contributed by atoms with van der Waals surface area (Å²) in [7, 11) is 0. The standard InChI is InChI=1S/C23H18N2O6/c26-21(24-10-14-4-3-7-28-14)11-25-17-6-2-1-5-15(17)23(22(25)27)12-29-18-9-20-19(8-16(18)23)30-13-31-20/h1-9H,10-13H2,(H,24,26). The zero-order valence-corrected chi connectivity index (χ0v) is 16.4. The maximum Gasteiger partial charge on any atom is 0.246 e. The smallest absolute Gasteiger partial charge is 0.246 e. The second-order valence-electron chi connectivity index (χ2n) is 7.66. The van der Waals surface area contributed by atoms with Gasteiger partial charge in [0.25, 0.3) is 0 Å². The van der Waals surface area contributed by atoms with Gasteiger partial charge in [0.15, 0.2) is 11.5 Å². The summed E-state index contributed by atoms with van der Waals surface area (Å²) in [4.78, 5) is 28.0. The fourth-order valence-electron chi connectivity index (χ4n) is 4.52. The maximum atomic E-state index is 13.8. The Hall–Kier alpha value is -3.94. The van der Waals surface area contributed by atoms with Crippen LogP contribution in [-0.4, -0.2) is 31.8 Å². The van der Waals surface area contributed by atoms with E-state index >= 15 is 0 Å². The summed E-state index contributed by atoms with van der Waals surface area (Å²) in [5.41, 5.74) is 1.23. The predicted octanol–water partition coefficient (Wildman–Crippen LogP) is 2.35. The van der Waals surface area contributed by atoms with E-state index in [-0.39, 0.29) is 38.3 Å². The molecule has 1 aromatic heterocycles. The highest BCUT2D eigenvalue weighted by atomic mass is 16.7. The normalized spacial score (nSPS) is 20.0. The van der Waals surface area contributed by atoms with Crippen molar-refractivity contribution in [2.75, 3.05) is 24.8 Å². The minimum absolute atomic E-state index is 0.0990. The molecule has 3 aromatic rings. The average Bonchev–Trinajstić information content (AvgIpc) is 3.56. The molecule has 0 saturated heterocycles. The van der Waals surface area contributed by atoms with Gasteiger partial charge in [0.1, 0.15) is 30.1 Å². The first-order valence-electron chi connectivity index (χ1n) is 9.94. The van der Waals surface area contributed by atoms with Crippen LogP contribution in [0.5, 0.6) is 17.2 Å². The van der Waals surface area contributed by atoms with Gasteiger partial charge in [-0.2, -0.15) is 0 Å². The van der Waals surface area contributed by atoms with Crippen LogP contribution in [0.2, 0.25) is 0 Å². The molecular weight excluding hydrogens is 400 g/mol. The Morgan fingerprint density at radius 3 is 2.68 bits per heavy atom. The molecule has 1 spiro atoms. The van der Waals surface area contributed by atoms with E-state index in [1.165, 1.54) is 4.90 Å². The lowest BCUT2D eigenvalue weighted by atomic mass is 9.77. The number of amides is 2. The Bertz CT molecular complexity index is 1200. The molecule has 2 aromatic carbocycles. The van der Waals surface area contributed by atoms with Crippen LogP contribution in [0.4, 0.5) is 5.69 Å². The molecule has 156 valence electrons. The number of ether oxygens (including phenoxy) is 3. The van der Waals surface area contributed by atoms with Crippen LogP contribution < -0.4 is 24.4 Å². The molecule has 6 rings (SSSR count). The largest absolute Gasteiger partial charge is 0.491 e. The second kappa shape index (κ2) is 6.53. The summed E-state index contributed by atoms with van der Waals surface area (Å²) in [6.07, 6.45) is 1.55. The van der Waals surface area contributed by atoms with Crippen molar-refractivity contribution >= 4 is 17.5 Å². The zero-order valence-electron chi connectivity index (χ0n) is 16.4. The molecule has 8 nitrogen and oxygen atoms in total. The van der Waals surface area contributed by atoms with Gasteiger partial charge in [-0.05, 0) is 29.8 Å². The number of nitrogens with zero attached hydrogens (tertiary/aromatic N) is 1. The van der Waals surface area contributed by atoms with Crippen LogP contribution in [0.25, 0.3) is 0 Å². The fraction of sp³-hybridized carbons (Fsp3) is 0.217. The monoisotopic (exact) mass is 418 g/mol. The van der Waals surface area contributed by atoms with Crippen molar-refractivity contribution in [2.24, 2.45) is 0 Å². The molecule has 1 unspecified atom stereocenters. The van der Waals surface area contributed by atoms with Crippen LogP contribution in [0.3, 0.4) is 0 Å². The molecule has 0 aliphatic carbocycles. The van der Waals surface area contributed by atoms with Gasteiger partial charge < -0.3 is 28.8 Å². The zero-order chi connectivity index (χ0) is 21.0. The van der Waals surface area contributed by atoms with Gasteiger partial charge in [-0.3, -0.25) is 9.59 Å². The molecule has 0 bridgehead atoms. The minimum atomic E-state index is -1.02. The van der Waals surface area contributed by atoms with Crippen molar-refractivity contribution in [3.63, 3.8) is 0 Å². The van der Waals surface area contributed by atoms with Crippen molar-refractivity contribution < 1.29 is 28.2 Å². The number of para-hydroxylation sites is 1. The van der Waals surface area contributed by atoms with Crippen molar-refractivity contribution in [2.45, 2.75) is 12.0 Å². The molecule has 8 heteroatoms. The van der Waals surface area contributed by atoms with Crippen molar-refractivity contribution in [3.8, 4) is 17.2 Å². The molecule has 0 fully saturated rings. The van der Waals surface area contributed by atoms with Gasteiger partial charge in [-0.15, -0.1) is 0 Å². The summed E-state index contributed by atoms with van der Waals surface area (Å²) in [6.45, 7) is 0.456. The molecule has 3 aliphatic rings. The van der Waals surface area contributed by atoms with Crippen molar-refractivity contribution in [3.05, 3.63) is 71.7 Å². The quantitative estimate of drug-likeness (QED) is 0.700. The highest BCUT2D eigenvalue weighted by Crippen LogP contribution is 2.54. The Balaban J connectivity index is 1.35. The first kappa shape index (κ1) is 17.9. The van der Waals surface area contributed by atoms with Crippen molar-refractivity contribution in [1.29, 1.82) is 0 Å². The number of hydrogen-bond acceptors (Lipinski definition) is 6. The number of anilines is 1. The summed E-state index contributed by atoms with van der Waals surface area (Å²) < 4.78 is 22.2. The topological polar surface area (TPSA) is 90.2 Å². The third-order valence-electron chi connectivity index (χ3n) is 5.99. The molecule has 31 heavy (non-hydrogen) atoms. The Morgan fingerprint density at radius 2 is 1.84 bits per heavy atom. The van der Waals surface area contributed by atoms with Gasteiger partial charge in [-0.25, -0.2) is 0 Å². The van der Waals surface area contributed by atoms with E-state index in [1.807, 2.05) is 30.3 Å². The van der Waals surface area contributed by atoms with Crippen molar-refractivity contribution in [1.82, 2.24) is 5.32 Å². The Morgan fingerprint density at radius 1 is 1.00 bits per heavy atom. The molecular formula is C23H18N2O6. The summed E-state index contributed by atoms with van der Waals surface area (Å²) in [5, 5.41) is 2.80. The number of fused-ring (bicyclic) bond motifs is 5. The Labute approximate surface area is 177 Å². The first-order valence-corrected chi connectivity index (χ1v) is 9.94. The van der Waals surface area contributed by atoms with Gasteiger partial charge in [0, 0.05) is 17.3 Å². The molecule has 4 heterocycles. The van der Waals surface area contributed by atoms with Gasteiger partial charge >= 0.3 is 0 Å². The average molecular weight is 418 g/mol. The summed E-state index contributed by atoms with van der Waals surface area (Å²) in [5.74, 6) is 1.96. The van der Waals surface area contributed by atoms with Gasteiger partial charge in [-0.1, -0.05) is 18.2 Å². The molecule has 0 saturated carbocycles. The Kier molecular flexibility index (Phi) is 3.77. The van der Waals surface area contributed by atoms with E-state index in [2.05, 4.69) is 5.32 Å². The predicted molar refractivity (Wildman–Crippen MR) is 108 cm³/mol. The van der Waals surface area contributed by atoms with E-state index in [1.54, 1.807) is 24.5 Å². The van der Waals surface area contributed by atoms with Gasteiger partial charge in [0.05, 0.1) is 12.8 Å². The summed E-state index contributed by atoms with van der Waals surface area (Å²) >= 11 is 0. The number of hydrogen-bond donors (Lipinski definition) is 1. The fourth-order valence-corrected chi connectivity index (χ4v) is 4.52. The van der Waals surface area contributed by atoms with Gasteiger partial charge in [0.2, 0.25) is 18.6 Å². The number of benzene rings is 2. The van der Waals surface area contributed by atoms with Crippen LogP contribution >= 0.6 is 0 Å². The number of rotatable bonds is 4. The lowest BCUT2D eigenvalue weighted by Gasteiger charge is -2.23. The van der Waals surface area contributed by atoms with Crippen LogP contribution in [0, 0.1) is 0 Å². The molecule has 3 aliphatic heterocycles. The van der Waals surface area contributed by atoms with Crippen LogP contribution in [-0.2, 0) is 21.5 Å². The number of carbonyl (C=O) groups is 2. The second-order valence-corrected chi connectivity index (χ2v) is 7.66. The van der Waals surface area contributed by atoms with Crippen LogP contribution in [0.15, 0.2) is 59.2 Å². The molecule has 2 amide bonds. The van der Waals surface area contributed by atoms with E-state index in [9.17, 15) is 9.59 Å². The lowest BCUT2D eigenvalue weighted by molar-refractivity contribution is -0.125. The molecule has 1 atom stereocenters. The number of carbonyl (C=O) groups excluding carboxylic acids is 2. The molecule has 1 N–H and O–H groups in total.